The molecule has 1 saturated heterocycles. The highest BCUT2D eigenvalue weighted by Gasteiger charge is 2.56. The van der Waals surface area contributed by atoms with E-state index in [1.165, 1.54) is 10.9 Å². The van der Waals surface area contributed by atoms with Gasteiger partial charge in [0.1, 0.15) is 17.8 Å². The van der Waals surface area contributed by atoms with Crippen molar-refractivity contribution >= 4 is 17.0 Å². The van der Waals surface area contributed by atoms with Gasteiger partial charge in [0.25, 0.3) is 0 Å². The molecule has 24 heavy (non-hydrogen) atoms. The SMILES string of the molecule is Nc1nc(F)nc2c1ncn2[C@@H]1O[C@@](CO)(CC2CC2)[C@@H](O)[C@H]1O. The highest BCUT2D eigenvalue weighted by Crippen LogP contribution is 2.46. The van der Waals surface area contributed by atoms with Gasteiger partial charge in [0.05, 0.1) is 12.9 Å². The topological polar surface area (TPSA) is 140 Å². The molecular weight excluding hydrogens is 321 g/mol. The number of nitrogens with two attached hydrogens (primary N) is 1. The summed E-state index contributed by atoms with van der Waals surface area (Å²) >= 11 is 0. The minimum absolute atomic E-state index is 0.0522. The molecule has 2 aromatic heterocycles. The summed E-state index contributed by atoms with van der Waals surface area (Å²) in [6.07, 6.45) is -0.965. The molecule has 0 spiro atoms. The van der Waals surface area contributed by atoms with Gasteiger partial charge in [-0.1, -0.05) is 12.8 Å². The van der Waals surface area contributed by atoms with Crippen molar-refractivity contribution in [3.05, 3.63) is 12.4 Å². The molecule has 0 radical (unpaired) electrons. The fourth-order valence-corrected chi connectivity index (χ4v) is 3.34. The molecule has 130 valence electrons. The summed E-state index contributed by atoms with van der Waals surface area (Å²) in [6.45, 7) is -0.434. The van der Waals surface area contributed by atoms with Crippen LogP contribution < -0.4 is 5.73 Å². The summed E-state index contributed by atoms with van der Waals surface area (Å²) < 4.78 is 20.6. The number of ether oxygens (including phenoxy) is 1. The first-order chi connectivity index (χ1) is 11.4. The Balaban J connectivity index is 1.74. The summed E-state index contributed by atoms with van der Waals surface area (Å²) in [7, 11) is 0. The summed E-state index contributed by atoms with van der Waals surface area (Å²) in [5.74, 6) is 0.225. The summed E-state index contributed by atoms with van der Waals surface area (Å²) in [4.78, 5) is 11.1. The molecule has 0 amide bonds. The highest BCUT2D eigenvalue weighted by atomic mass is 19.1. The van der Waals surface area contributed by atoms with E-state index in [1.54, 1.807) is 0 Å². The van der Waals surface area contributed by atoms with Crippen molar-refractivity contribution in [2.75, 3.05) is 12.3 Å². The van der Waals surface area contributed by atoms with Crippen LogP contribution in [0.1, 0.15) is 25.5 Å². The molecule has 3 heterocycles. The number of imidazole rings is 1. The zero-order chi connectivity index (χ0) is 17.1. The molecule has 2 fully saturated rings. The van der Waals surface area contributed by atoms with Crippen LogP contribution in [0.2, 0.25) is 0 Å². The second-order valence-corrected chi connectivity index (χ2v) is 6.52. The van der Waals surface area contributed by atoms with E-state index in [0.717, 1.165) is 12.8 Å². The molecule has 1 aliphatic carbocycles. The normalized spacial score (nSPS) is 33.4. The predicted octanol–water partition coefficient (Wildman–Crippen LogP) is -0.671. The van der Waals surface area contributed by atoms with Crippen molar-refractivity contribution in [3.8, 4) is 0 Å². The highest BCUT2D eigenvalue weighted by molar-refractivity contribution is 5.81. The molecule has 0 unspecified atom stereocenters. The third kappa shape index (κ3) is 2.25. The van der Waals surface area contributed by atoms with Crippen LogP contribution in [0.5, 0.6) is 0 Å². The third-order valence-electron chi connectivity index (χ3n) is 4.80. The van der Waals surface area contributed by atoms with Gasteiger partial charge in [-0.05, 0) is 12.3 Å². The number of aromatic nitrogens is 4. The number of nitrogen functional groups attached to an aromatic ring is 1. The Morgan fingerprint density at radius 1 is 1.38 bits per heavy atom. The number of halogens is 1. The standard InChI is InChI=1S/C14H18FN5O4/c15-13-18-10(16)7-11(19-13)20(5-17-7)12-8(22)9(23)14(4-21,24-12)3-6-1-2-6/h5-6,8-9,12,21-23H,1-4H2,(H2,16,18,19)/t8-,9+,12-,14-/m1/s1. The van der Waals surface area contributed by atoms with E-state index in [4.69, 9.17) is 10.5 Å². The maximum Gasteiger partial charge on any atom is 0.312 e. The third-order valence-corrected chi connectivity index (χ3v) is 4.80. The van der Waals surface area contributed by atoms with Crippen molar-refractivity contribution in [1.29, 1.82) is 0 Å². The van der Waals surface area contributed by atoms with Crippen LogP contribution >= 0.6 is 0 Å². The van der Waals surface area contributed by atoms with E-state index in [1.807, 2.05) is 0 Å². The van der Waals surface area contributed by atoms with E-state index in [0.29, 0.717) is 12.3 Å². The lowest BCUT2D eigenvalue weighted by molar-refractivity contribution is -0.134. The number of anilines is 1. The Morgan fingerprint density at radius 2 is 2.12 bits per heavy atom. The molecule has 9 nitrogen and oxygen atoms in total. The van der Waals surface area contributed by atoms with Crippen LogP contribution in [-0.4, -0.2) is 59.3 Å². The number of nitrogens with zero attached hydrogens (tertiary/aromatic N) is 4. The second-order valence-electron chi connectivity index (χ2n) is 6.52. The summed E-state index contributed by atoms with van der Waals surface area (Å²) in [5, 5.41) is 30.6. The summed E-state index contributed by atoms with van der Waals surface area (Å²) in [5.41, 5.74) is 4.58. The van der Waals surface area contributed by atoms with Gasteiger partial charge in [0.2, 0.25) is 0 Å². The van der Waals surface area contributed by atoms with Crippen molar-refractivity contribution in [2.45, 2.75) is 43.3 Å². The minimum atomic E-state index is -1.33. The number of rotatable bonds is 4. The first kappa shape index (κ1) is 15.6. The van der Waals surface area contributed by atoms with E-state index >= 15 is 0 Å². The second kappa shape index (κ2) is 5.31. The lowest BCUT2D eigenvalue weighted by atomic mass is 9.90. The Labute approximate surface area is 135 Å². The van der Waals surface area contributed by atoms with E-state index in [-0.39, 0.29) is 17.0 Å². The first-order valence-electron chi connectivity index (χ1n) is 7.75. The number of hydrogen-bond donors (Lipinski definition) is 4. The maximum absolute atomic E-state index is 13.5. The van der Waals surface area contributed by atoms with Crippen LogP contribution in [0.15, 0.2) is 6.33 Å². The smallest absolute Gasteiger partial charge is 0.312 e. The Hall–Kier alpha value is -1.88. The van der Waals surface area contributed by atoms with Gasteiger partial charge in [-0.2, -0.15) is 14.4 Å². The van der Waals surface area contributed by atoms with E-state index in [2.05, 4.69) is 15.0 Å². The molecule has 5 N–H and O–H groups in total. The molecule has 4 rings (SSSR count). The quantitative estimate of drug-likeness (QED) is 0.538. The largest absolute Gasteiger partial charge is 0.393 e. The van der Waals surface area contributed by atoms with Gasteiger partial charge < -0.3 is 25.8 Å². The van der Waals surface area contributed by atoms with Gasteiger partial charge in [0.15, 0.2) is 23.2 Å². The number of hydrogen-bond acceptors (Lipinski definition) is 8. The fraction of sp³-hybridized carbons (Fsp3) is 0.643. The number of aliphatic hydroxyl groups is 3. The molecule has 10 heteroatoms. The molecule has 0 aromatic carbocycles. The van der Waals surface area contributed by atoms with Gasteiger partial charge in [-0.3, -0.25) is 4.57 Å². The van der Waals surface area contributed by atoms with Crippen molar-refractivity contribution < 1.29 is 24.4 Å². The average molecular weight is 339 g/mol. The van der Waals surface area contributed by atoms with Gasteiger partial charge >= 0.3 is 6.08 Å². The molecule has 1 aliphatic heterocycles. The Bertz CT molecular complexity index is 782. The lowest BCUT2D eigenvalue weighted by Gasteiger charge is -2.30. The number of fused-ring (bicyclic) bond motifs is 1. The van der Waals surface area contributed by atoms with Crippen LogP contribution in [0.4, 0.5) is 10.2 Å². The zero-order valence-electron chi connectivity index (χ0n) is 12.7. The zero-order valence-corrected chi connectivity index (χ0v) is 12.7. The maximum atomic E-state index is 13.5. The predicted molar refractivity (Wildman–Crippen MR) is 79.0 cm³/mol. The Kier molecular flexibility index (Phi) is 3.46. The van der Waals surface area contributed by atoms with Gasteiger partial charge in [-0.15, -0.1) is 0 Å². The van der Waals surface area contributed by atoms with E-state index < -0.39 is 36.7 Å². The monoisotopic (exact) mass is 339 g/mol. The Morgan fingerprint density at radius 3 is 2.79 bits per heavy atom. The van der Waals surface area contributed by atoms with Crippen LogP contribution in [0.3, 0.4) is 0 Å². The molecule has 2 aromatic rings. The average Bonchev–Trinajstić information content (AvgIpc) is 3.21. The first-order valence-corrected chi connectivity index (χ1v) is 7.75. The number of aliphatic hydroxyl groups excluding tert-OH is 3. The van der Waals surface area contributed by atoms with Crippen molar-refractivity contribution in [1.82, 2.24) is 19.5 Å². The lowest BCUT2D eigenvalue weighted by Crippen LogP contribution is -2.46. The summed E-state index contributed by atoms with van der Waals surface area (Å²) in [6, 6.07) is 0. The van der Waals surface area contributed by atoms with E-state index in [9.17, 15) is 19.7 Å². The molecular formula is C14H18FN5O4. The van der Waals surface area contributed by atoms with Crippen LogP contribution in [-0.2, 0) is 4.74 Å². The molecule has 4 atom stereocenters. The van der Waals surface area contributed by atoms with Gasteiger partial charge in [0, 0.05) is 0 Å². The van der Waals surface area contributed by atoms with Crippen LogP contribution in [0.25, 0.3) is 11.2 Å². The molecule has 0 bridgehead atoms. The molecule has 1 saturated carbocycles. The fourth-order valence-electron chi connectivity index (χ4n) is 3.34. The van der Waals surface area contributed by atoms with Gasteiger partial charge in [-0.25, -0.2) is 4.98 Å². The van der Waals surface area contributed by atoms with Crippen molar-refractivity contribution in [2.24, 2.45) is 5.92 Å². The minimum Gasteiger partial charge on any atom is -0.393 e. The van der Waals surface area contributed by atoms with Crippen LogP contribution in [0, 0.1) is 12.0 Å². The molecule has 2 aliphatic rings. The van der Waals surface area contributed by atoms with Crippen molar-refractivity contribution in [3.63, 3.8) is 0 Å².